The lowest BCUT2D eigenvalue weighted by atomic mass is 9.79. The number of aliphatic hydroxyl groups is 1. The number of ether oxygens (including phenoxy) is 2. The van der Waals surface area contributed by atoms with E-state index in [1.165, 1.54) is 0 Å². The number of benzene rings is 2. The number of rotatable bonds is 8. The van der Waals surface area contributed by atoms with Gasteiger partial charge in [-0.15, -0.1) is 0 Å². The van der Waals surface area contributed by atoms with Crippen molar-refractivity contribution in [3.05, 3.63) is 58.1 Å². The third-order valence-corrected chi connectivity index (χ3v) is 5.76. The minimum atomic E-state index is -1.18. The van der Waals surface area contributed by atoms with E-state index in [-0.39, 0.29) is 6.10 Å². The van der Waals surface area contributed by atoms with Gasteiger partial charge in [-0.2, -0.15) is 0 Å². The number of morpholine rings is 1. The molecule has 1 unspecified atom stereocenters. The van der Waals surface area contributed by atoms with Gasteiger partial charge in [0.05, 0.1) is 6.61 Å². The molecule has 28 heavy (non-hydrogen) atoms. The Bertz CT molecular complexity index is 780. The zero-order valence-corrected chi connectivity index (χ0v) is 17.6. The monoisotopic (exact) mass is 423 g/mol. The van der Waals surface area contributed by atoms with Crippen molar-refractivity contribution in [3.8, 4) is 11.1 Å². The fraction of sp³-hybridized carbons (Fsp3) is 0.455. The quantitative estimate of drug-likeness (QED) is 0.606. The maximum atomic E-state index is 11.9. The van der Waals surface area contributed by atoms with Crippen molar-refractivity contribution in [2.24, 2.45) is 0 Å². The first-order chi connectivity index (χ1) is 13.6. The molecule has 3 rings (SSSR count). The van der Waals surface area contributed by atoms with Crippen LogP contribution in [0.2, 0.25) is 10.0 Å². The van der Waals surface area contributed by atoms with Crippen LogP contribution in [0.1, 0.15) is 24.8 Å². The van der Waals surface area contributed by atoms with Gasteiger partial charge in [-0.25, -0.2) is 0 Å². The number of methoxy groups -OCH3 is 1. The predicted octanol–water partition coefficient (Wildman–Crippen LogP) is 4.65. The Hall–Kier alpha value is -1.14. The van der Waals surface area contributed by atoms with Crippen LogP contribution < -0.4 is 5.32 Å². The molecule has 1 saturated heterocycles. The van der Waals surface area contributed by atoms with Crippen LogP contribution in [0.25, 0.3) is 11.1 Å². The average Bonchev–Trinajstić information content (AvgIpc) is 2.71. The van der Waals surface area contributed by atoms with Crippen molar-refractivity contribution in [2.45, 2.75) is 31.0 Å². The summed E-state index contributed by atoms with van der Waals surface area (Å²) >= 11 is 12.8. The fourth-order valence-corrected chi connectivity index (χ4v) is 4.28. The summed E-state index contributed by atoms with van der Waals surface area (Å²) in [6.07, 6.45) is 1.87. The van der Waals surface area contributed by atoms with Crippen molar-refractivity contribution < 1.29 is 14.6 Å². The maximum absolute atomic E-state index is 11.9. The van der Waals surface area contributed by atoms with Gasteiger partial charge >= 0.3 is 0 Å². The Kier molecular flexibility index (Phi) is 7.75. The summed E-state index contributed by atoms with van der Waals surface area (Å²) in [4.78, 5) is 0. The second-order valence-corrected chi connectivity index (χ2v) is 7.95. The van der Waals surface area contributed by atoms with Crippen molar-refractivity contribution in [3.63, 3.8) is 0 Å². The molecule has 2 aromatic carbocycles. The molecule has 1 heterocycles. The number of hydrogen-bond donors (Lipinski definition) is 2. The Labute approximate surface area is 176 Å². The zero-order valence-electron chi connectivity index (χ0n) is 16.1. The molecule has 1 fully saturated rings. The van der Waals surface area contributed by atoms with Gasteiger partial charge in [0, 0.05) is 42.4 Å². The third kappa shape index (κ3) is 4.88. The zero-order chi connectivity index (χ0) is 20.0. The summed E-state index contributed by atoms with van der Waals surface area (Å²) in [5.74, 6) is 0. The summed E-state index contributed by atoms with van der Waals surface area (Å²) in [5, 5.41) is 16.5. The van der Waals surface area contributed by atoms with Gasteiger partial charge in [0.15, 0.2) is 0 Å². The Morgan fingerprint density at radius 2 is 2.04 bits per heavy atom. The van der Waals surface area contributed by atoms with Gasteiger partial charge in [-0.05, 0) is 48.6 Å². The summed E-state index contributed by atoms with van der Waals surface area (Å²) in [6, 6.07) is 13.2. The van der Waals surface area contributed by atoms with Crippen molar-refractivity contribution in [1.82, 2.24) is 5.32 Å². The molecule has 6 heteroatoms. The van der Waals surface area contributed by atoms with E-state index in [0.29, 0.717) is 36.2 Å². The van der Waals surface area contributed by atoms with Crippen LogP contribution in [0.15, 0.2) is 42.5 Å². The van der Waals surface area contributed by atoms with Crippen molar-refractivity contribution in [2.75, 3.05) is 33.4 Å². The molecular weight excluding hydrogens is 397 g/mol. The first-order valence-electron chi connectivity index (χ1n) is 9.65. The molecule has 0 bridgehead atoms. The molecule has 152 valence electrons. The number of nitrogens with one attached hydrogen (secondary N) is 1. The molecule has 1 aliphatic heterocycles. The summed E-state index contributed by atoms with van der Waals surface area (Å²) in [5.41, 5.74) is 1.28. The molecular formula is C22H27Cl2NO3. The Balaban J connectivity index is 2.05. The molecule has 0 saturated carbocycles. The molecule has 0 amide bonds. The number of hydrogen-bond acceptors (Lipinski definition) is 4. The van der Waals surface area contributed by atoms with E-state index in [1.54, 1.807) is 7.11 Å². The fourth-order valence-electron chi connectivity index (χ4n) is 3.80. The lowest BCUT2D eigenvalue weighted by molar-refractivity contribution is -0.129. The highest BCUT2D eigenvalue weighted by atomic mass is 35.5. The highest BCUT2D eigenvalue weighted by Crippen LogP contribution is 2.42. The molecule has 0 radical (unpaired) electrons. The normalized spacial score (nSPS) is 19.4. The van der Waals surface area contributed by atoms with Crippen LogP contribution in [-0.4, -0.2) is 44.6 Å². The first-order valence-corrected chi connectivity index (χ1v) is 10.4. The standard InChI is InChI=1S/C22H27Cl2NO3/c1-27-12-3-2-10-22(26,20-15-25-11-13-28-20)18-8-5-9-19(24)21(18)16-6-4-7-17(23)14-16/h4-9,14,20,25-26H,2-3,10-13,15H2,1H3/t20-,22?/m1/s1. The third-order valence-electron chi connectivity index (χ3n) is 5.21. The molecule has 4 nitrogen and oxygen atoms in total. The summed E-state index contributed by atoms with van der Waals surface area (Å²) in [7, 11) is 1.69. The lowest BCUT2D eigenvalue weighted by Gasteiger charge is -2.40. The molecule has 0 spiro atoms. The molecule has 2 aromatic rings. The SMILES string of the molecule is COCCCCC(O)(c1cccc(Cl)c1-c1cccc(Cl)c1)[C@H]1CNCCO1. The van der Waals surface area contributed by atoms with Crippen LogP contribution in [0.4, 0.5) is 0 Å². The molecule has 2 atom stereocenters. The Morgan fingerprint density at radius 3 is 2.75 bits per heavy atom. The van der Waals surface area contributed by atoms with Crippen molar-refractivity contribution >= 4 is 23.2 Å². The molecule has 2 N–H and O–H groups in total. The van der Waals surface area contributed by atoms with E-state index < -0.39 is 5.60 Å². The summed E-state index contributed by atoms with van der Waals surface area (Å²) in [6.45, 7) is 2.60. The van der Waals surface area contributed by atoms with Gasteiger partial charge in [0.1, 0.15) is 11.7 Å². The van der Waals surface area contributed by atoms with Gasteiger partial charge in [0.2, 0.25) is 0 Å². The van der Waals surface area contributed by atoms with E-state index in [0.717, 1.165) is 36.1 Å². The number of unbranched alkanes of at least 4 members (excludes halogenated alkanes) is 1. The minimum absolute atomic E-state index is 0.361. The van der Waals surface area contributed by atoms with Gasteiger partial charge in [-0.3, -0.25) is 0 Å². The van der Waals surface area contributed by atoms with E-state index in [4.69, 9.17) is 32.7 Å². The largest absolute Gasteiger partial charge is 0.385 e. The smallest absolute Gasteiger partial charge is 0.118 e. The second kappa shape index (κ2) is 10.1. The Morgan fingerprint density at radius 1 is 1.21 bits per heavy atom. The highest BCUT2D eigenvalue weighted by Gasteiger charge is 2.41. The highest BCUT2D eigenvalue weighted by molar-refractivity contribution is 6.34. The number of halogens is 2. The van der Waals surface area contributed by atoms with E-state index in [2.05, 4.69) is 5.32 Å². The minimum Gasteiger partial charge on any atom is -0.385 e. The summed E-state index contributed by atoms with van der Waals surface area (Å²) < 4.78 is 11.2. The van der Waals surface area contributed by atoms with Crippen molar-refractivity contribution in [1.29, 1.82) is 0 Å². The van der Waals surface area contributed by atoms with Gasteiger partial charge in [-0.1, -0.05) is 47.5 Å². The molecule has 0 aliphatic carbocycles. The lowest BCUT2D eigenvalue weighted by Crippen LogP contribution is -2.51. The van der Waals surface area contributed by atoms with Gasteiger partial charge in [0.25, 0.3) is 0 Å². The van der Waals surface area contributed by atoms with Crippen LogP contribution >= 0.6 is 23.2 Å². The van der Waals surface area contributed by atoms with E-state index >= 15 is 0 Å². The maximum Gasteiger partial charge on any atom is 0.118 e. The van der Waals surface area contributed by atoms with Crippen LogP contribution in [0, 0.1) is 0 Å². The van der Waals surface area contributed by atoms with Crippen LogP contribution in [0.5, 0.6) is 0 Å². The first kappa shape index (κ1) is 21.6. The predicted molar refractivity (Wildman–Crippen MR) is 114 cm³/mol. The van der Waals surface area contributed by atoms with E-state index in [1.807, 2.05) is 42.5 Å². The van der Waals surface area contributed by atoms with E-state index in [9.17, 15) is 5.11 Å². The molecule has 0 aromatic heterocycles. The molecule has 1 aliphatic rings. The average molecular weight is 424 g/mol. The topological polar surface area (TPSA) is 50.7 Å². The van der Waals surface area contributed by atoms with Crippen LogP contribution in [0.3, 0.4) is 0 Å². The van der Waals surface area contributed by atoms with Gasteiger partial charge < -0.3 is 19.9 Å². The van der Waals surface area contributed by atoms with Crippen LogP contribution in [-0.2, 0) is 15.1 Å². The second-order valence-electron chi connectivity index (χ2n) is 7.11.